The molecular weight excluding hydrogens is 463 g/mol. The lowest BCUT2D eigenvalue weighted by Crippen LogP contribution is -2.12. The van der Waals surface area contributed by atoms with Crippen LogP contribution in [0.4, 0.5) is 5.13 Å². The Morgan fingerprint density at radius 3 is 2.44 bits per heavy atom. The third-order valence-corrected chi connectivity index (χ3v) is 5.50. The molecule has 0 saturated heterocycles. The molecule has 0 aliphatic heterocycles. The molecule has 0 amide bonds. The van der Waals surface area contributed by atoms with E-state index in [4.69, 9.17) is 11.1 Å². The highest BCUT2D eigenvalue weighted by molar-refractivity contribution is 14.0. The van der Waals surface area contributed by atoms with Gasteiger partial charge in [0.05, 0.1) is 20.4 Å². The van der Waals surface area contributed by atoms with Crippen molar-refractivity contribution in [2.24, 2.45) is 0 Å². The Hall–Kier alpha value is -1.45. The molecule has 0 unspecified atom stereocenters. The molecule has 0 atom stereocenters. The van der Waals surface area contributed by atoms with Crippen molar-refractivity contribution < 1.29 is 0 Å². The van der Waals surface area contributed by atoms with E-state index in [1.807, 2.05) is 36.4 Å². The first kappa shape index (κ1) is 19.9. The van der Waals surface area contributed by atoms with Crippen molar-refractivity contribution in [2.75, 3.05) is 5.73 Å². The van der Waals surface area contributed by atoms with Gasteiger partial charge in [-0.1, -0.05) is 60.3 Å². The Bertz CT molecular complexity index is 970. The number of rotatable bonds is 3. The summed E-state index contributed by atoms with van der Waals surface area (Å²) in [5.74, 6) is 0. The second-order valence-electron chi connectivity index (χ2n) is 5.40. The van der Waals surface area contributed by atoms with Crippen LogP contribution in [-0.4, -0.2) is 9.55 Å². The molecule has 0 aliphatic rings. The fourth-order valence-electron chi connectivity index (χ4n) is 2.46. The highest BCUT2D eigenvalue weighted by Crippen LogP contribution is 2.22. The Labute approximate surface area is 171 Å². The molecule has 2 heterocycles. The standard InChI is InChI=1S/C11H14N2S.C7H6N2S.HI/c1-2-3-8-13-9-6-4-5-7-10(9)14-11(13)12;8-7-9-5-3-1-2-4-6(5)10-7;/h4-7,12H,2-3,8H2,1H3;1-4H,(H2,8,9);1H. The van der Waals surface area contributed by atoms with Gasteiger partial charge >= 0.3 is 0 Å². The molecule has 2 aromatic carbocycles. The minimum atomic E-state index is 0. The van der Waals surface area contributed by atoms with Gasteiger partial charge in [0.1, 0.15) is 0 Å². The normalized spacial score (nSPS) is 10.3. The third kappa shape index (κ3) is 4.80. The van der Waals surface area contributed by atoms with Gasteiger partial charge in [-0.15, -0.1) is 24.0 Å². The number of hydrogen-bond acceptors (Lipinski definition) is 5. The van der Waals surface area contributed by atoms with Gasteiger partial charge in [0.25, 0.3) is 0 Å². The number of para-hydroxylation sites is 2. The van der Waals surface area contributed by atoms with E-state index in [1.165, 1.54) is 28.0 Å². The molecule has 132 valence electrons. The van der Waals surface area contributed by atoms with E-state index in [-0.39, 0.29) is 24.0 Å². The molecule has 7 heteroatoms. The number of nitrogen functional groups attached to an aromatic ring is 1. The van der Waals surface area contributed by atoms with E-state index < -0.39 is 0 Å². The highest BCUT2D eigenvalue weighted by atomic mass is 127. The molecule has 0 fully saturated rings. The Morgan fingerprint density at radius 2 is 1.72 bits per heavy atom. The fraction of sp³-hybridized carbons (Fsp3) is 0.222. The summed E-state index contributed by atoms with van der Waals surface area (Å²) in [5, 5.41) is 8.50. The zero-order valence-electron chi connectivity index (χ0n) is 13.9. The molecule has 0 saturated carbocycles. The largest absolute Gasteiger partial charge is 0.375 e. The summed E-state index contributed by atoms with van der Waals surface area (Å²) >= 11 is 3.08. The van der Waals surface area contributed by atoms with Crippen molar-refractivity contribution in [1.29, 1.82) is 5.41 Å². The number of aromatic nitrogens is 2. The summed E-state index contributed by atoms with van der Waals surface area (Å²) in [6, 6.07) is 16.2. The number of fused-ring (bicyclic) bond motifs is 2. The molecule has 25 heavy (non-hydrogen) atoms. The summed E-state index contributed by atoms with van der Waals surface area (Å²) in [5.41, 5.74) is 7.69. The number of nitrogens with two attached hydrogens (primary N) is 1. The molecule has 0 bridgehead atoms. The van der Waals surface area contributed by atoms with Crippen molar-refractivity contribution in [2.45, 2.75) is 26.3 Å². The van der Waals surface area contributed by atoms with Crippen LogP contribution in [-0.2, 0) is 6.54 Å². The van der Waals surface area contributed by atoms with E-state index in [1.54, 1.807) is 11.3 Å². The minimum absolute atomic E-state index is 0. The number of unbranched alkanes of at least 4 members (excludes halogenated alkanes) is 1. The average Bonchev–Trinajstić information content (AvgIpc) is 3.11. The van der Waals surface area contributed by atoms with Gasteiger partial charge < -0.3 is 10.3 Å². The van der Waals surface area contributed by atoms with Gasteiger partial charge in [-0.05, 0) is 30.7 Å². The van der Waals surface area contributed by atoms with E-state index in [2.05, 4.69) is 28.6 Å². The topological polar surface area (TPSA) is 67.7 Å². The Kier molecular flexibility index (Phi) is 7.39. The Balaban J connectivity index is 0.000000182. The maximum atomic E-state index is 7.86. The first-order chi connectivity index (χ1) is 11.7. The van der Waals surface area contributed by atoms with Gasteiger partial charge in [0.15, 0.2) is 9.93 Å². The summed E-state index contributed by atoms with van der Waals surface area (Å²) in [6.45, 7) is 3.15. The molecule has 4 nitrogen and oxygen atoms in total. The van der Waals surface area contributed by atoms with Gasteiger partial charge in [-0.3, -0.25) is 5.41 Å². The number of halogens is 1. The molecule has 2 aromatic heterocycles. The monoisotopic (exact) mass is 484 g/mol. The summed E-state index contributed by atoms with van der Waals surface area (Å²) in [7, 11) is 0. The fourth-order valence-corrected chi connectivity index (χ4v) is 4.14. The van der Waals surface area contributed by atoms with Gasteiger partial charge in [0, 0.05) is 6.54 Å². The Morgan fingerprint density at radius 1 is 1.04 bits per heavy atom. The lowest BCUT2D eigenvalue weighted by Gasteiger charge is -2.02. The van der Waals surface area contributed by atoms with Gasteiger partial charge in [-0.25, -0.2) is 4.98 Å². The second-order valence-corrected chi connectivity index (χ2v) is 7.49. The molecule has 4 aromatic rings. The maximum absolute atomic E-state index is 7.86. The molecule has 3 N–H and O–H groups in total. The van der Waals surface area contributed by atoms with E-state index in [9.17, 15) is 0 Å². The first-order valence-electron chi connectivity index (χ1n) is 7.93. The number of thiazole rings is 2. The lowest BCUT2D eigenvalue weighted by molar-refractivity contribution is 0.631. The van der Waals surface area contributed by atoms with Gasteiger partial charge in [-0.2, -0.15) is 0 Å². The van der Waals surface area contributed by atoms with Crippen LogP contribution >= 0.6 is 46.7 Å². The maximum Gasteiger partial charge on any atom is 0.182 e. The second kappa shape index (κ2) is 9.30. The zero-order valence-corrected chi connectivity index (χ0v) is 17.9. The van der Waals surface area contributed by atoms with Crippen LogP contribution in [0.5, 0.6) is 0 Å². The van der Waals surface area contributed by atoms with Crippen LogP contribution in [0.1, 0.15) is 19.8 Å². The average molecular weight is 484 g/mol. The van der Waals surface area contributed by atoms with Crippen LogP contribution in [0.25, 0.3) is 20.4 Å². The molecule has 0 aliphatic carbocycles. The van der Waals surface area contributed by atoms with E-state index in [0.29, 0.717) is 9.93 Å². The molecular formula is C18H21IN4S2. The summed E-state index contributed by atoms with van der Waals surface area (Å²) in [6.07, 6.45) is 2.33. The van der Waals surface area contributed by atoms with E-state index in [0.717, 1.165) is 23.2 Å². The van der Waals surface area contributed by atoms with Crippen LogP contribution in [0, 0.1) is 5.41 Å². The summed E-state index contributed by atoms with van der Waals surface area (Å²) < 4.78 is 4.47. The number of nitrogens with zero attached hydrogens (tertiary/aromatic N) is 2. The summed E-state index contributed by atoms with van der Waals surface area (Å²) in [4.78, 5) is 4.78. The third-order valence-electron chi connectivity index (χ3n) is 3.65. The van der Waals surface area contributed by atoms with Crippen LogP contribution in [0.15, 0.2) is 48.5 Å². The van der Waals surface area contributed by atoms with Crippen molar-refractivity contribution in [3.05, 3.63) is 53.3 Å². The SMILES string of the molecule is CCCCn1c(=N)sc2ccccc21.I.Nc1nc2ccccc2s1. The lowest BCUT2D eigenvalue weighted by atomic mass is 10.3. The van der Waals surface area contributed by atoms with Crippen LogP contribution in [0.2, 0.25) is 0 Å². The first-order valence-corrected chi connectivity index (χ1v) is 9.56. The van der Waals surface area contributed by atoms with Crippen molar-refractivity contribution in [3.63, 3.8) is 0 Å². The molecule has 0 spiro atoms. The predicted octanol–water partition coefficient (Wildman–Crippen LogP) is 5.48. The predicted molar refractivity (Wildman–Crippen MR) is 120 cm³/mol. The number of anilines is 1. The zero-order chi connectivity index (χ0) is 16.9. The van der Waals surface area contributed by atoms with Gasteiger partial charge in [0.2, 0.25) is 0 Å². The van der Waals surface area contributed by atoms with Crippen LogP contribution in [0.3, 0.4) is 0 Å². The number of benzene rings is 2. The van der Waals surface area contributed by atoms with Crippen LogP contribution < -0.4 is 10.5 Å². The van der Waals surface area contributed by atoms with E-state index >= 15 is 0 Å². The number of hydrogen-bond donors (Lipinski definition) is 2. The number of aryl methyl sites for hydroxylation is 1. The highest BCUT2D eigenvalue weighted by Gasteiger charge is 2.02. The molecule has 4 rings (SSSR count). The van der Waals surface area contributed by atoms with Crippen molar-refractivity contribution in [1.82, 2.24) is 9.55 Å². The number of nitrogens with one attached hydrogen (secondary N) is 1. The van der Waals surface area contributed by atoms with Crippen molar-refractivity contribution >= 4 is 72.2 Å². The smallest absolute Gasteiger partial charge is 0.182 e. The quantitative estimate of drug-likeness (QED) is 0.378. The minimum Gasteiger partial charge on any atom is -0.375 e. The molecule has 0 radical (unpaired) electrons. The van der Waals surface area contributed by atoms with Crippen molar-refractivity contribution in [3.8, 4) is 0 Å².